The number of hydrazine groups is 1. The fourth-order valence-corrected chi connectivity index (χ4v) is 1.63. The topological polar surface area (TPSA) is 100 Å². The number of hydrogen-bond acceptors (Lipinski definition) is 4. The van der Waals surface area contributed by atoms with Gasteiger partial charge in [-0.15, -0.1) is 0 Å². The Kier molecular flexibility index (Phi) is 4.92. The largest absolute Gasteiger partial charge is 0.472 e. The number of rotatable bonds is 4. The van der Waals surface area contributed by atoms with Crippen LogP contribution in [0.3, 0.4) is 0 Å². The smallest absolute Gasteiger partial charge is 0.269 e. The highest BCUT2D eigenvalue weighted by molar-refractivity contribution is 5.98. The van der Waals surface area contributed by atoms with Crippen LogP contribution < -0.4 is 16.2 Å². The lowest BCUT2D eigenvalue weighted by Crippen LogP contribution is -2.51. The maximum Gasteiger partial charge on any atom is 0.269 e. The molecule has 0 fully saturated rings. The highest BCUT2D eigenvalue weighted by Gasteiger charge is 2.17. The fourth-order valence-electron chi connectivity index (χ4n) is 1.63. The van der Waals surface area contributed by atoms with Gasteiger partial charge in [-0.25, -0.2) is 0 Å². The number of carbonyl (C=O) groups is 3. The summed E-state index contributed by atoms with van der Waals surface area (Å²) in [6.45, 7) is 1.50. The van der Waals surface area contributed by atoms with Crippen LogP contribution in [0.1, 0.15) is 27.6 Å². The van der Waals surface area contributed by atoms with Gasteiger partial charge in [0.05, 0.1) is 11.8 Å². The average molecular weight is 301 g/mol. The molecule has 2 aromatic rings. The zero-order valence-electron chi connectivity index (χ0n) is 11.8. The molecule has 3 amide bonds. The number of furan rings is 1. The first-order valence-corrected chi connectivity index (χ1v) is 6.56. The first-order chi connectivity index (χ1) is 10.6. The van der Waals surface area contributed by atoms with Crippen molar-refractivity contribution in [3.8, 4) is 0 Å². The Bertz CT molecular complexity index is 653. The quantitative estimate of drug-likeness (QED) is 0.729. The van der Waals surface area contributed by atoms with Crippen molar-refractivity contribution in [1.29, 1.82) is 0 Å². The van der Waals surface area contributed by atoms with E-state index in [1.54, 1.807) is 30.3 Å². The summed E-state index contributed by atoms with van der Waals surface area (Å²) in [5.74, 6) is -1.42. The van der Waals surface area contributed by atoms with E-state index in [4.69, 9.17) is 4.42 Å². The summed E-state index contributed by atoms with van der Waals surface area (Å²) < 4.78 is 4.79. The Morgan fingerprint density at radius 2 is 1.68 bits per heavy atom. The van der Waals surface area contributed by atoms with Crippen LogP contribution in [0, 0.1) is 0 Å². The maximum atomic E-state index is 11.8. The molecule has 1 aromatic heterocycles. The maximum absolute atomic E-state index is 11.8. The van der Waals surface area contributed by atoms with Gasteiger partial charge >= 0.3 is 0 Å². The minimum Gasteiger partial charge on any atom is -0.472 e. The average Bonchev–Trinajstić information content (AvgIpc) is 3.07. The van der Waals surface area contributed by atoms with Crippen molar-refractivity contribution in [3.05, 3.63) is 60.1 Å². The van der Waals surface area contributed by atoms with Crippen LogP contribution in [0.5, 0.6) is 0 Å². The van der Waals surface area contributed by atoms with Gasteiger partial charge in [0.1, 0.15) is 12.3 Å². The minimum atomic E-state index is -0.821. The van der Waals surface area contributed by atoms with Crippen LogP contribution in [0.15, 0.2) is 53.3 Å². The molecule has 0 aliphatic carbocycles. The van der Waals surface area contributed by atoms with Crippen molar-refractivity contribution in [2.45, 2.75) is 13.0 Å². The molecule has 2 rings (SSSR count). The van der Waals surface area contributed by atoms with E-state index in [0.29, 0.717) is 11.1 Å². The van der Waals surface area contributed by atoms with Crippen LogP contribution in [0.2, 0.25) is 0 Å². The van der Waals surface area contributed by atoms with Crippen LogP contribution in [0.4, 0.5) is 0 Å². The molecular weight excluding hydrogens is 286 g/mol. The summed E-state index contributed by atoms with van der Waals surface area (Å²) in [5.41, 5.74) is 5.26. The van der Waals surface area contributed by atoms with Crippen molar-refractivity contribution >= 4 is 17.7 Å². The van der Waals surface area contributed by atoms with Crippen LogP contribution in [-0.2, 0) is 4.79 Å². The predicted molar refractivity (Wildman–Crippen MR) is 77.7 cm³/mol. The molecule has 0 aliphatic heterocycles. The molecule has 0 saturated carbocycles. The number of amides is 3. The molecule has 7 heteroatoms. The van der Waals surface area contributed by atoms with Gasteiger partial charge in [0.2, 0.25) is 0 Å². The summed E-state index contributed by atoms with van der Waals surface area (Å²) in [6.07, 6.45) is 2.64. The molecule has 1 atom stereocenters. The van der Waals surface area contributed by atoms with Gasteiger partial charge in [0, 0.05) is 5.56 Å². The third-order valence-electron chi connectivity index (χ3n) is 2.86. The molecular formula is C15H15N3O4. The van der Waals surface area contributed by atoms with Crippen molar-refractivity contribution in [3.63, 3.8) is 0 Å². The fraction of sp³-hybridized carbons (Fsp3) is 0.133. The van der Waals surface area contributed by atoms with Gasteiger partial charge in [0.25, 0.3) is 17.7 Å². The van der Waals surface area contributed by atoms with Gasteiger partial charge in [-0.3, -0.25) is 25.2 Å². The molecule has 0 saturated heterocycles. The minimum absolute atomic E-state index is 0.313. The lowest BCUT2D eigenvalue weighted by molar-refractivity contribution is -0.123. The Morgan fingerprint density at radius 1 is 0.955 bits per heavy atom. The highest BCUT2D eigenvalue weighted by Crippen LogP contribution is 2.00. The molecule has 1 aromatic carbocycles. The molecule has 22 heavy (non-hydrogen) atoms. The molecule has 3 N–H and O–H groups in total. The standard InChI is InChI=1S/C15H15N3O4/c1-10(16-14(20)12-7-8-22-9-12)13(19)17-18-15(21)11-5-3-2-4-6-11/h2-10H,1H3,(H,16,20)(H,17,19)(H,18,21). The second kappa shape index (κ2) is 7.07. The lowest BCUT2D eigenvalue weighted by atomic mass is 10.2. The van der Waals surface area contributed by atoms with Gasteiger partial charge in [-0.2, -0.15) is 0 Å². The Balaban J connectivity index is 1.82. The monoisotopic (exact) mass is 301 g/mol. The third-order valence-corrected chi connectivity index (χ3v) is 2.86. The van der Waals surface area contributed by atoms with E-state index >= 15 is 0 Å². The summed E-state index contributed by atoms with van der Waals surface area (Å²) in [6, 6.07) is 9.10. The normalized spacial score (nSPS) is 11.3. The van der Waals surface area contributed by atoms with Crippen LogP contribution in [0.25, 0.3) is 0 Å². The third kappa shape index (κ3) is 3.95. The second-order valence-corrected chi connectivity index (χ2v) is 4.52. The Morgan fingerprint density at radius 3 is 2.32 bits per heavy atom. The van der Waals surface area contributed by atoms with Gasteiger partial charge in [-0.1, -0.05) is 18.2 Å². The van der Waals surface area contributed by atoms with E-state index in [0.717, 1.165) is 0 Å². The number of carbonyl (C=O) groups excluding carboxylic acids is 3. The van der Waals surface area contributed by atoms with Crippen molar-refractivity contribution in [1.82, 2.24) is 16.2 Å². The van der Waals surface area contributed by atoms with E-state index < -0.39 is 23.8 Å². The molecule has 0 bridgehead atoms. The number of benzene rings is 1. The first-order valence-electron chi connectivity index (χ1n) is 6.56. The molecule has 114 valence electrons. The zero-order chi connectivity index (χ0) is 15.9. The van der Waals surface area contributed by atoms with Crippen molar-refractivity contribution in [2.24, 2.45) is 0 Å². The summed E-state index contributed by atoms with van der Waals surface area (Å²) in [4.78, 5) is 35.3. The van der Waals surface area contributed by atoms with E-state index in [2.05, 4.69) is 16.2 Å². The van der Waals surface area contributed by atoms with E-state index in [1.807, 2.05) is 0 Å². The van der Waals surface area contributed by atoms with Gasteiger partial charge in [0.15, 0.2) is 0 Å². The molecule has 0 radical (unpaired) electrons. The highest BCUT2D eigenvalue weighted by atomic mass is 16.3. The summed E-state index contributed by atoms with van der Waals surface area (Å²) >= 11 is 0. The summed E-state index contributed by atoms with van der Waals surface area (Å²) in [7, 11) is 0. The molecule has 0 aliphatic rings. The van der Waals surface area contributed by atoms with Gasteiger partial charge < -0.3 is 9.73 Å². The Hall–Kier alpha value is -3.09. The lowest BCUT2D eigenvalue weighted by Gasteiger charge is -2.14. The van der Waals surface area contributed by atoms with Crippen LogP contribution in [-0.4, -0.2) is 23.8 Å². The number of nitrogens with one attached hydrogen (secondary N) is 3. The van der Waals surface area contributed by atoms with Gasteiger partial charge in [-0.05, 0) is 25.1 Å². The molecule has 0 spiro atoms. The van der Waals surface area contributed by atoms with E-state index in [9.17, 15) is 14.4 Å². The van der Waals surface area contributed by atoms with E-state index in [-0.39, 0.29) is 0 Å². The predicted octanol–water partition coefficient (Wildman–Crippen LogP) is 0.859. The molecule has 7 nitrogen and oxygen atoms in total. The van der Waals surface area contributed by atoms with Crippen molar-refractivity contribution in [2.75, 3.05) is 0 Å². The SMILES string of the molecule is CC(NC(=O)c1ccoc1)C(=O)NNC(=O)c1ccccc1. The van der Waals surface area contributed by atoms with Crippen LogP contribution >= 0.6 is 0 Å². The zero-order valence-corrected chi connectivity index (χ0v) is 11.8. The number of hydrogen-bond donors (Lipinski definition) is 3. The van der Waals surface area contributed by atoms with E-state index in [1.165, 1.54) is 25.5 Å². The molecule has 1 heterocycles. The second-order valence-electron chi connectivity index (χ2n) is 4.52. The summed E-state index contributed by atoms with van der Waals surface area (Å²) in [5, 5.41) is 2.48. The van der Waals surface area contributed by atoms with Crippen molar-refractivity contribution < 1.29 is 18.8 Å². The first kappa shape index (κ1) is 15.3. The molecule has 1 unspecified atom stereocenters. The Labute approximate surface area is 126 Å².